The van der Waals surface area contributed by atoms with Gasteiger partial charge in [0.15, 0.2) is 5.78 Å². The number of carbonyl (C=O) groups excluding carboxylic acids is 2. The molecule has 0 bridgehead atoms. The van der Waals surface area contributed by atoms with E-state index >= 15 is 0 Å². The summed E-state index contributed by atoms with van der Waals surface area (Å²) >= 11 is 0. The SMILES string of the molecule is CC(=O)/C=C/CN1CCC(C(=O)Nc2ccccc2)CC1. The van der Waals surface area contributed by atoms with Gasteiger partial charge in [0, 0.05) is 18.2 Å². The zero-order chi connectivity index (χ0) is 15.1. The maximum Gasteiger partial charge on any atom is 0.227 e. The van der Waals surface area contributed by atoms with Crippen LogP contribution in [0.1, 0.15) is 19.8 Å². The molecular formula is C17H22N2O2. The molecule has 1 aliphatic heterocycles. The van der Waals surface area contributed by atoms with E-state index in [0.717, 1.165) is 38.2 Å². The van der Waals surface area contributed by atoms with Gasteiger partial charge in [0.1, 0.15) is 0 Å². The number of para-hydroxylation sites is 1. The summed E-state index contributed by atoms with van der Waals surface area (Å²) in [5, 5.41) is 2.97. The summed E-state index contributed by atoms with van der Waals surface area (Å²) in [6.07, 6.45) is 5.24. The largest absolute Gasteiger partial charge is 0.326 e. The fourth-order valence-corrected chi connectivity index (χ4v) is 2.51. The van der Waals surface area contributed by atoms with E-state index in [9.17, 15) is 9.59 Å². The van der Waals surface area contributed by atoms with E-state index in [-0.39, 0.29) is 17.6 Å². The van der Waals surface area contributed by atoms with Crippen molar-refractivity contribution in [3.05, 3.63) is 42.5 Å². The molecule has 0 atom stereocenters. The minimum Gasteiger partial charge on any atom is -0.326 e. The van der Waals surface area contributed by atoms with Crippen LogP contribution < -0.4 is 5.32 Å². The average molecular weight is 286 g/mol. The first-order valence-electron chi connectivity index (χ1n) is 7.40. The Morgan fingerprint density at radius 1 is 1.24 bits per heavy atom. The summed E-state index contributed by atoms with van der Waals surface area (Å²) in [4.78, 5) is 25.3. The molecule has 0 unspecified atom stereocenters. The zero-order valence-electron chi connectivity index (χ0n) is 12.4. The van der Waals surface area contributed by atoms with Gasteiger partial charge in [0.2, 0.25) is 5.91 Å². The molecule has 1 fully saturated rings. The fourth-order valence-electron chi connectivity index (χ4n) is 2.51. The molecular weight excluding hydrogens is 264 g/mol. The van der Waals surface area contributed by atoms with Gasteiger partial charge < -0.3 is 5.32 Å². The van der Waals surface area contributed by atoms with E-state index in [1.54, 1.807) is 13.0 Å². The molecule has 1 N–H and O–H groups in total. The number of nitrogens with one attached hydrogen (secondary N) is 1. The number of carbonyl (C=O) groups is 2. The predicted molar refractivity (Wildman–Crippen MR) is 84.1 cm³/mol. The number of likely N-dealkylation sites (tertiary alicyclic amines) is 1. The minimum atomic E-state index is 0.0760. The molecule has 0 radical (unpaired) electrons. The van der Waals surface area contributed by atoms with Gasteiger partial charge in [0.05, 0.1) is 0 Å². The number of benzene rings is 1. The van der Waals surface area contributed by atoms with Crippen molar-refractivity contribution in [1.29, 1.82) is 0 Å². The lowest BCUT2D eigenvalue weighted by molar-refractivity contribution is -0.121. The summed E-state index contributed by atoms with van der Waals surface area (Å²) in [5.74, 6) is 0.269. The molecule has 112 valence electrons. The second-order valence-electron chi connectivity index (χ2n) is 5.44. The van der Waals surface area contributed by atoms with Crippen LogP contribution in [0.25, 0.3) is 0 Å². The van der Waals surface area contributed by atoms with Gasteiger partial charge in [-0.2, -0.15) is 0 Å². The predicted octanol–water partition coefficient (Wildman–Crippen LogP) is 2.48. The molecule has 0 aliphatic carbocycles. The zero-order valence-corrected chi connectivity index (χ0v) is 12.4. The van der Waals surface area contributed by atoms with Crippen molar-refractivity contribution < 1.29 is 9.59 Å². The molecule has 0 saturated carbocycles. The Labute approximate surface area is 125 Å². The van der Waals surface area contributed by atoms with E-state index in [1.807, 2.05) is 36.4 Å². The highest BCUT2D eigenvalue weighted by Gasteiger charge is 2.24. The van der Waals surface area contributed by atoms with Gasteiger partial charge >= 0.3 is 0 Å². The number of hydrogen-bond acceptors (Lipinski definition) is 3. The van der Waals surface area contributed by atoms with E-state index in [1.165, 1.54) is 0 Å². The van der Waals surface area contributed by atoms with Crippen molar-refractivity contribution in [2.24, 2.45) is 5.92 Å². The van der Waals surface area contributed by atoms with E-state index in [4.69, 9.17) is 0 Å². The van der Waals surface area contributed by atoms with Gasteiger partial charge in [-0.15, -0.1) is 0 Å². The number of piperidine rings is 1. The molecule has 1 aliphatic rings. The van der Waals surface area contributed by atoms with Crippen LogP contribution >= 0.6 is 0 Å². The first-order chi connectivity index (χ1) is 10.1. The highest BCUT2D eigenvalue weighted by atomic mass is 16.2. The molecule has 0 aromatic heterocycles. The Kier molecular flexibility index (Phi) is 5.69. The third-order valence-corrected chi connectivity index (χ3v) is 3.72. The summed E-state index contributed by atoms with van der Waals surface area (Å²) in [7, 11) is 0. The molecule has 21 heavy (non-hydrogen) atoms. The van der Waals surface area contributed by atoms with Crippen LogP contribution in [0.5, 0.6) is 0 Å². The molecule has 2 rings (SSSR count). The van der Waals surface area contributed by atoms with Crippen molar-refractivity contribution in [3.63, 3.8) is 0 Å². The normalized spacial score (nSPS) is 17.0. The first-order valence-corrected chi connectivity index (χ1v) is 7.40. The summed E-state index contributed by atoms with van der Waals surface area (Å²) in [6, 6.07) is 9.57. The third-order valence-electron chi connectivity index (χ3n) is 3.72. The lowest BCUT2D eigenvalue weighted by Gasteiger charge is -2.30. The number of amides is 1. The van der Waals surface area contributed by atoms with Crippen LogP contribution in [-0.2, 0) is 9.59 Å². The number of hydrogen-bond donors (Lipinski definition) is 1. The average Bonchev–Trinajstić information content (AvgIpc) is 2.48. The number of ketones is 1. The molecule has 1 aromatic carbocycles. The third kappa shape index (κ3) is 5.16. The standard InChI is InChI=1S/C17H22N2O2/c1-14(20)6-5-11-19-12-9-15(10-13-19)17(21)18-16-7-3-2-4-8-16/h2-8,15H,9-13H2,1H3,(H,18,21)/b6-5+. The van der Waals surface area contributed by atoms with Crippen molar-refractivity contribution in [3.8, 4) is 0 Å². The number of nitrogens with zero attached hydrogens (tertiary/aromatic N) is 1. The van der Waals surface area contributed by atoms with Crippen molar-refractivity contribution in [1.82, 2.24) is 4.90 Å². The summed E-state index contributed by atoms with van der Waals surface area (Å²) < 4.78 is 0. The Hall–Kier alpha value is -1.94. The quantitative estimate of drug-likeness (QED) is 0.846. The maximum absolute atomic E-state index is 12.2. The molecule has 1 amide bonds. The highest BCUT2D eigenvalue weighted by Crippen LogP contribution is 2.19. The van der Waals surface area contributed by atoms with Crippen LogP contribution in [0.15, 0.2) is 42.5 Å². The lowest BCUT2D eigenvalue weighted by atomic mass is 9.96. The van der Waals surface area contributed by atoms with E-state index in [0.29, 0.717) is 0 Å². The first kappa shape index (κ1) is 15.4. The fraction of sp³-hybridized carbons (Fsp3) is 0.412. The van der Waals surface area contributed by atoms with Crippen molar-refractivity contribution >= 4 is 17.4 Å². The van der Waals surface area contributed by atoms with Gasteiger partial charge in [-0.05, 0) is 51.1 Å². The topological polar surface area (TPSA) is 49.4 Å². The summed E-state index contributed by atoms with van der Waals surface area (Å²) in [5.41, 5.74) is 0.856. The Morgan fingerprint density at radius 3 is 2.52 bits per heavy atom. The Morgan fingerprint density at radius 2 is 1.90 bits per heavy atom. The van der Waals surface area contributed by atoms with E-state index in [2.05, 4.69) is 10.2 Å². The van der Waals surface area contributed by atoms with E-state index < -0.39 is 0 Å². The summed E-state index contributed by atoms with van der Waals surface area (Å²) in [6.45, 7) is 4.13. The van der Waals surface area contributed by atoms with Gasteiger partial charge in [-0.3, -0.25) is 14.5 Å². The number of rotatable bonds is 5. The number of anilines is 1. The molecule has 1 heterocycles. The molecule has 4 heteroatoms. The highest BCUT2D eigenvalue weighted by molar-refractivity contribution is 5.92. The second-order valence-corrected chi connectivity index (χ2v) is 5.44. The maximum atomic E-state index is 12.2. The molecule has 1 saturated heterocycles. The molecule has 1 aromatic rings. The van der Waals surface area contributed by atoms with Crippen LogP contribution in [0.4, 0.5) is 5.69 Å². The van der Waals surface area contributed by atoms with Gasteiger partial charge in [-0.1, -0.05) is 24.3 Å². The van der Waals surface area contributed by atoms with Crippen molar-refractivity contribution in [2.45, 2.75) is 19.8 Å². The monoisotopic (exact) mass is 286 g/mol. The Balaban J connectivity index is 1.75. The molecule has 0 spiro atoms. The molecule has 4 nitrogen and oxygen atoms in total. The Bertz CT molecular complexity index is 503. The van der Waals surface area contributed by atoms with Crippen LogP contribution in [0.3, 0.4) is 0 Å². The van der Waals surface area contributed by atoms with Crippen LogP contribution in [0, 0.1) is 5.92 Å². The number of allylic oxidation sites excluding steroid dienone is 1. The van der Waals surface area contributed by atoms with Crippen LogP contribution in [-0.4, -0.2) is 36.2 Å². The van der Waals surface area contributed by atoms with Gasteiger partial charge in [0.25, 0.3) is 0 Å². The van der Waals surface area contributed by atoms with Gasteiger partial charge in [-0.25, -0.2) is 0 Å². The van der Waals surface area contributed by atoms with Crippen molar-refractivity contribution in [2.75, 3.05) is 25.0 Å². The second kappa shape index (κ2) is 7.74. The minimum absolute atomic E-state index is 0.0760. The van der Waals surface area contributed by atoms with Crippen LogP contribution in [0.2, 0.25) is 0 Å². The lowest BCUT2D eigenvalue weighted by Crippen LogP contribution is -2.38. The smallest absolute Gasteiger partial charge is 0.227 e.